The molecule has 0 spiro atoms. The third kappa shape index (κ3) is 6.33. The first-order valence-electron chi connectivity index (χ1n) is 8.66. The molecule has 0 aliphatic heterocycles. The number of methoxy groups -OCH3 is 2. The number of anilines is 1. The molecule has 0 saturated carbocycles. The van der Waals surface area contributed by atoms with E-state index in [0.717, 1.165) is 16.7 Å². The van der Waals surface area contributed by atoms with Crippen molar-refractivity contribution in [2.75, 3.05) is 26.1 Å². The summed E-state index contributed by atoms with van der Waals surface area (Å²) in [4.78, 5) is 23.9. The van der Waals surface area contributed by atoms with Crippen molar-refractivity contribution >= 4 is 17.6 Å². The Kier molecular flexibility index (Phi) is 7.23. The highest BCUT2D eigenvalue weighted by Gasteiger charge is 2.10. The second kappa shape index (κ2) is 9.62. The van der Waals surface area contributed by atoms with Gasteiger partial charge in [0, 0.05) is 18.2 Å². The third-order valence-corrected chi connectivity index (χ3v) is 4.05. The van der Waals surface area contributed by atoms with E-state index in [9.17, 15) is 9.59 Å². The lowest BCUT2D eigenvalue weighted by molar-refractivity contribution is -0.147. The van der Waals surface area contributed by atoms with Crippen molar-refractivity contribution in [1.82, 2.24) is 0 Å². The summed E-state index contributed by atoms with van der Waals surface area (Å²) in [5.74, 6) is 0.516. The molecule has 1 amide bonds. The highest BCUT2D eigenvalue weighted by atomic mass is 16.5. The molecule has 0 unspecified atom stereocenters. The number of ether oxygens (including phenoxy) is 3. The van der Waals surface area contributed by atoms with Crippen LogP contribution in [0.25, 0.3) is 0 Å². The molecular formula is C21H25NO5. The first-order chi connectivity index (χ1) is 12.9. The maximum Gasteiger partial charge on any atom is 0.306 e. The van der Waals surface area contributed by atoms with E-state index < -0.39 is 5.97 Å². The Morgan fingerprint density at radius 1 is 0.963 bits per heavy atom. The largest absolute Gasteiger partial charge is 0.497 e. The molecule has 0 fully saturated rings. The molecule has 2 aromatic carbocycles. The average molecular weight is 371 g/mol. The van der Waals surface area contributed by atoms with Gasteiger partial charge >= 0.3 is 5.97 Å². The van der Waals surface area contributed by atoms with E-state index in [2.05, 4.69) is 5.32 Å². The summed E-state index contributed by atoms with van der Waals surface area (Å²) in [6.07, 6.45) is 0.623. The summed E-state index contributed by atoms with van der Waals surface area (Å²) in [6, 6.07) is 11.2. The Balaban J connectivity index is 1.81. The SMILES string of the molecule is COc1cc(CCC(=O)OCC(=O)Nc2ccc(C)cc2C)cc(OC)c1. The van der Waals surface area contributed by atoms with Gasteiger partial charge in [0.25, 0.3) is 5.91 Å². The highest BCUT2D eigenvalue weighted by molar-refractivity contribution is 5.93. The highest BCUT2D eigenvalue weighted by Crippen LogP contribution is 2.23. The zero-order valence-corrected chi connectivity index (χ0v) is 16.1. The minimum Gasteiger partial charge on any atom is -0.497 e. The smallest absolute Gasteiger partial charge is 0.306 e. The molecule has 1 N–H and O–H groups in total. The molecule has 144 valence electrons. The first-order valence-corrected chi connectivity index (χ1v) is 8.66. The van der Waals surface area contributed by atoms with Gasteiger partial charge in [-0.2, -0.15) is 0 Å². The predicted octanol–water partition coefficient (Wildman–Crippen LogP) is 3.44. The van der Waals surface area contributed by atoms with Gasteiger partial charge in [0.2, 0.25) is 0 Å². The maximum absolute atomic E-state index is 12.0. The van der Waals surface area contributed by atoms with Crippen molar-refractivity contribution in [3.63, 3.8) is 0 Å². The van der Waals surface area contributed by atoms with Gasteiger partial charge in [0.1, 0.15) is 11.5 Å². The minimum atomic E-state index is -0.437. The van der Waals surface area contributed by atoms with Gasteiger partial charge in [-0.25, -0.2) is 0 Å². The number of esters is 1. The van der Waals surface area contributed by atoms with Gasteiger partial charge in [-0.1, -0.05) is 17.7 Å². The molecule has 0 aliphatic carbocycles. The lowest BCUT2D eigenvalue weighted by atomic mass is 10.1. The molecule has 0 atom stereocenters. The van der Waals surface area contributed by atoms with E-state index >= 15 is 0 Å². The Morgan fingerprint density at radius 2 is 1.63 bits per heavy atom. The molecule has 0 radical (unpaired) electrons. The number of aryl methyl sites for hydroxylation is 3. The lowest BCUT2D eigenvalue weighted by Gasteiger charge is -2.10. The molecule has 0 bridgehead atoms. The number of rotatable bonds is 8. The molecule has 0 aromatic heterocycles. The molecule has 27 heavy (non-hydrogen) atoms. The Morgan fingerprint density at radius 3 is 2.22 bits per heavy atom. The molecule has 2 rings (SSSR count). The number of carbonyl (C=O) groups is 2. The second-order valence-corrected chi connectivity index (χ2v) is 6.25. The second-order valence-electron chi connectivity index (χ2n) is 6.25. The summed E-state index contributed by atoms with van der Waals surface area (Å²) in [5.41, 5.74) is 3.68. The molecule has 6 nitrogen and oxygen atoms in total. The van der Waals surface area contributed by atoms with Crippen LogP contribution in [0.4, 0.5) is 5.69 Å². The lowest BCUT2D eigenvalue weighted by Crippen LogP contribution is -2.21. The van der Waals surface area contributed by atoms with Gasteiger partial charge in [-0.05, 0) is 49.6 Å². The van der Waals surface area contributed by atoms with Crippen LogP contribution >= 0.6 is 0 Å². The minimum absolute atomic E-state index is 0.160. The third-order valence-electron chi connectivity index (χ3n) is 4.05. The number of amides is 1. The first kappa shape index (κ1) is 20.3. The van der Waals surface area contributed by atoms with Crippen LogP contribution in [-0.4, -0.2) is 32.7 Å². The number of hydrogen-bond acceptors (Lipinski definition) is 5. The average Bonchev–Trinajstić information content (AvgIpc) is 2.66. The summed E-state index contributed by atoms with van der Waals surface area (Å²) < 4.78 is 15.5. The summed E-state index contributed by atoms with van der Waals surface area (Å²) in [7, 11) is 3.14. The van der Waals surface area contributed by atoms with E-state index in [0.29, 0.717) is 23.6 Å². The van der Waals surface area contributed by atoms with Gasteiger partial charge < -0.3 is 19.5 Å². The van der Waals surface area contributed by atoms with Gasteiger partial charge in [0.05, 0.1) is 14.2 Å². The van der Waals surface area contributed by atoms with E-state index in [1.807, 2.05) is 44.2 Å². The molecule has 0 heterocycles. The fourth-order valence-corrected chi connectivity index (χ4v) is 2.62. The fraction of sp³-hybridized carbons (Fsp3) is 0.333. The van der Waals surface area contributed by atoms with Crippen LogP contribution in [0.5, 0.6) is 11.5 Å². The molecule has 6 heteroatoms. The van der Waals surface area contributed by atoms with Crippen LogP contribution in [-0.2, 0) is 20.7 Å². The number of benzene rings is 2. The van der Waals surface area contributed by atoms with Crippen LogP contribution < -0.4 is 14.8 Å². The molecular weight excluding hydrogens is 346 g/mol. The van der Waals surface area contributed by atoms with Crippen LogP contribution in [0.2, 0.25) is 0 Å². The van der Waals surface area contributed by atoms with Crippen molar-refractivity contribution in [3.8, 4) is 11.5 Å². The quantitative estimate of drug-likeness (QED) is 0.720. The standard InChI is InChI=1S/C21H25NO5/c1-14-5-7-19(15(2)9-14)22-20(23)13-27-21(24)8-6-16-10-17(25-3)12-18(11-16)26-4/h5,7,9-12H,6,8,13H2,1-4H3,(H,22,23). The normalized spacial score (nSPS) is 10.2. The van der Waals surface area contributed by atoms with Crippen LogP contribution in [0.1, 0.15) is 23.1 Å². The topological polar surface area (TPSA) is 73.9 Å². The maximum atomic E-state index is 12.0. The zero-order chi connectivity index (χ0) is 19.8. The van der Waals surface area contributed by atoms with E-state index in [1.165, 1.54) is 0 Å². The predicted molar refractivity (Wildman–Crippen MR) is 103 cm³/mol. The molecule has 2 aromatic rings. The summed E-state index contributed by atoms with van der Waals surface area (Å²) in [5, 5.41) is 2.75. The van der Waals surface area contributed by atoms with Gasteiger partial charge in [-0.3, -0.25) is 9.59 Å². The summed E-state index contributed by atoms with van der Waals surface area (Å²) >= 11 is 0. The number of carbonyl (C=O) groups excluding carboxylic acids is 2. The van der Waals surface area contributed by atoms with Crippen molar-refractivity contribution < 1.29 is 23.8 Å². The number of nitrogens with one attached hydrogen (secondary N) is 1. The monoisotopic (exact) mass is 371 g/mol. The van der Waals surface area contributed by atoms with E-state index in [-0.39, 0.29) is 18.9 Å². The molecule has 0 saturated heterocycles. The van der Waals surface area contributed by atoms with Crippen molar-refractivity contribution in [2.24, 2.45) is 0 Å². The van der Waals surface area contributed by atoms with Gasteiger partial charge in [-0.15, -0.1) is 0 Å². The van der Waals surface area contributed by atoms with Gasteiger partial charge in [0.15, 0.2) is 6.61 Å². The zero-order valence-electron chi connectivity index (χ0n) is 16.1. The van der Waals surface area contributed by atoms with Crippen LogP contribution in [0.3, 0.4) is 0 Å². The molecule has 0 aliphatic rings. The Labute approximate surface area is 159 Å². The van der Waals surface area contributed by atoms with Crippen LogP contribution in [0, 0.1) is 13.8 Å². The Bertz CT molecular complexity index is 794. The van der Waals surface area contributed by atoms with Crippen molar-refractivity contribution in [3.05, 3.63) is 53.1 Å². The summed E-state index contributed by atoms with van der Waals surface area (Å²) in [6.45, 7) is 3.59. The van der Waals surface area contributed by atoms with E-state index in [1.54, 1.807) is 20.3 Å². The fourth-order valence-electron chi connectivity index (χ4n) is 2.62. The van der Waals surface area contributed by atoms with Crippen molar-refractivity contribution in [1.29, 1.82) is 0 Å². The number of hydrogen-bond donors (Lipinski definition) is 1. The Hall–Kier alpha value is -3.02. The van der Waals surface area contributed by atoms with E-state index in [4.69, 9.17) is 14.2 Å². The van der Waals surface area contributed by atoms with Crippen molar-refractivity contribution in [2.45, 2.75) is 26.7 Å². The van der Waals surface area contributed by atoms with Crippen LogP contribution in [0.15, 0.2) is 36.4 Å².